The molecule has 1 heterocycles. The molecule has 0 aromatic carbocycles. The third kappa shape index (κ3) is 2.60. The lowest BCUT2D eigenvalue weighted by molar-refractivity contribution is 0.427. The Hall–Kier alpha value is -0.790. The highest BCUT2D eigenvalue weighted by molar-refractivity contribution is 5.10. The molecule has 1 aromatic heterocycles. The lowest BCUT2D eigenvalue weighted by atomic mass is 10.1. The minimum absolute atomic E-state index is 0.727. The predicted molar refractivity (Wildman–Crippen MR) is 60.4 cm³/mol. The van der Waals surface area contributed by atoms with Gasteiger partial charge >= 0.3 is 0 Å². The van der Waals surface area contributed by atoms with Crippen molar-refractivity contribution in [2.45, 2.75) is 53.5 Å². The molecule has 0 aliphatic carbocycles. The molecule has 0 saturated carbocycles. The molecule has 0 aliphatic rings. The third-order valence-electron chi connectivity index (χ3n) is 2.82. The van der Waals surface area contributed by atoms with Crippen molar-refractivity contribution in [2.24, 2.45) is 5.92 Å². The van der Waals surface area contributed by atoms with E-state index in [4.69, 9.17) is 0 Å². The molecule has 1 atom stereocenters. The molecular formula is C12H22N2. The van der Waals surface area contributed by atoms with Gasteiger partial charge in [-0.2, -0.15) is 5.10 Å². The van der Waals surface area contributed by atoms with Crippen molar-refractivity contribution >= 4 is 0 Å². The SMILES string of the molecule is CCc1cc(CC)n(CC(C)CC)n1. The molecule has 0 radical (unpaired) electrons. The zero-order chi connectivity index (χ0) is 10.6. The van der Waals surface area contributed by atoms with Gasteiger partial charge in [0.15, 0.2) is 0 Å². The maximum Gasteiger partial charge on any atom is 0.0624 e. The quantitative estimate of drug-likeness (QED) is 0.704. The Morgan fingerprint density at radius 1 is 1.29 bits per heavy atom. The second kappa shape index (κ2) is 5.18. The Morgan fingerprint density at radius 3 is 2.50 bits per heavy atom. The first-order valence-electron chi connectivity index (χ1n) is 5.76. The molecule has 0 aliphatic heterocycles. The summed E-state index contributed by atoms with van der Waals surface area (Å²) in [5, 5.41) is 4.60. The van der Waals surface area contributed by atoms with Gasteiger partial charge in [0.2, 0.25) is 0 Å². The predicted octanol–water partition coefficient (Wildman–Crippen LogP) is 3.05. The van der Waals surface area contributed by atoms with Gasteiger partial charge in [-0.05, 0) is 24.8 Å². The van der Waals surface area contributed by atoms with E-state index in [9.17, 15) is 0 Å². The summed E-state index contributed by atoms with van der Waals surface area (Å²) in [5.41, 5.74) is 2.60. The van der Waals surface area contributed by atoms with Gasteiger partial charge in [-0.1, -0.05) is 34.1 Å². The monoisotopic (exact) mass is 194 g/mol. The van der Waals surface area contributed by atoms with Crippen molar-refractivity contribution in [3.8, 4) is 0 Å². The minimum Gasteiger partial charge on any atom is -0.269 e. The first-order chi connectivity index (χ1) is 6.71. The summed E-state index contributed by atoms with van der Waals surface area (Å²) in [6, 6.07) is 2.24. The Morgan fingerprint density at radius 2 is 2.00 bits per heavy atom. The van der Waals surface area contributed by atoms with E-state index in [0.717, 1.165) is 25.3 Å². The van der Waals surface area contributed by atoms with Gasteiger partial charge in [0, 0.05) is 12.2 Å². The van der Waals surface area contributed by atoms with Crippen LogP contribution in [0.1, 0.15) is 45.5 Å². The topological polar surface area (TPSA) is 17.8 Å². The van der Waals surface area contributed by atoms with E-state index < -0.39 is 0 Å². The highest BCUT2D eigenvalue weighted by Gasteiger charge is 2.07. The maximum absolute atomic E-state index is 4.60. The van der Waals surface area contributed by atoms with Crippen LogP contribution >= 0.6 is 0 Å². The summed E-state index contributed by atoms with van der Waals surface area (Å²) in [4.78, 5) is 0. The Labute approximate surface area is 87.3 Å². The fraction of sp³-hybridized carbons (Fsp3) is 0.750. The Kier molecular flexibility index (Phi) is 4.18. The highest BCUT2D eigenvalue weighted by Crippen LogP contribution is 2.11. The van der Waals surface area contributed by atoms with Crippen LogP contribution in [0.15, 0.2) is 6.07 Å². The molecular weight excluding hydrogens is 172 g/mol. The van der Waals surface area contributed by atoms with E-state index in [-0.39, 0.29) is 0 Å². The minimum atomic E-state index is 0.727. The first-order valence-corrected chi connectivity index (χ1v) is 5.76. The van der Waals surface area contributed by atoms with Crippen molar-refractivity contribution < 1.29 is 0 Å². The molecule has 2 nitrogen and oxygen atoms in total. The van der Waals surface area contributed by atoms with E-state index in [1.807, 2.05) is 0 Å². The lowest BCUT2D eigenvalue weighted by Gasteiger charge is -2.10. The van der Waals surface area contributed by atoms with Crippen LogP contribution in [0, 0.1) is 5.92 Å². The molecule has 0 N–H and O–H groups in total. The number of hydrogen-bond donors (Lipinski definition) is 0. The van der Waals surface area contributed by atoms with Crippen LogP contribution in [0.2, 0.25) is 0 Å². The van der Waals surface area contributed by atoms with E-state index in [1.54, 1.807) is 0 Å². The summed E-state index contributed by atoms with van der Waals surface area (Å²) in [6.07, 6.45) is 3.36. The van der Waals surface area contributed by atoms with E-state index in [1.165, 1.54) is 17.8 Å². The molecule has 0 spiro atoms. The van der Waals surface area contributed by atoms with E-state index in [2.05, 4.69) is 43.5 Å². The van der Waals surface area contributed by atoms with Gasteiger partial charge in [-0.3, -0.25) is 4.68 Å². The van der Waals surface area contributed by atoms with Crippen LogP contribution in [-0.2, 0) is 19.4 Å². The van der Waals surface area contributed by atoms with Gasteiger partial charge in [0.05, 0.1) is 5.69 Å². The van der Waals surface area contributed by atoms with Gasteiger partial charge in [-0.15, -0.1) is 0 Å². The smallest absolute Gasteiger partial charge is 0.0624 e. The number of rotatable bonds is 5. The van der Waals surface area contributed by atoms with Crippen LogP contribution in [0.25, 0.3) is 0 Å². The van der Waals surface area contributed by atoms with Crippen LogP contribution < -0.4 is 0 Å². The average Bonchev–Trinajstić information content (AvgIpc) is 2.60. The summed E-state index contributed by atoms with van der Waals surface area (Å²) in [7, 11) is 0. The number of nitrogens with zero attached hydrogens (tertiary/aromatic N) is 2. The molecule has 0 fully saturated rings. The molecule has 1 unspecified atom stereocenters. The largest absolute Gasteiger partial charge is 0.269 e. The Balaban J connectivity index is 2.78. The average molecular weight is 194 g/mol. The summed E-state index contributed by atoms with van der Waals surface area (Å²) in [6.45, 7) is 9.95. The summed E-state index contributed by atoms with van der Waals surface area (Å²) in [5.74, 6) is 0.727. The van der Waals surface area contributed by atoms with Gasteiger partial charge in [0.1, 0.15) is 0 Å². The van der Waals surface area contributed by atoms with Gasteiger partial charge in [0.25, 0.3) is 0 Å². The zero-order valence-electron chi connectivity index (χ0n) is 9.88. The summed E-state index contributed by atoms with van der Waals surface area (Å²) >= 11 is 0. The van der Waals surface area contributed by atoms with Crippen molar-refractivity contribution in [1.82, 2.24) is 9.78 Å². The third-order valence-corrected chi connectivity index (χ3v) is 2.82. The number of aryl methyl sites for hydroxylation is 2. The van der Waals surface area contributed by atoms with Crippen molar-refractivity contribution in [1.29, 1.82) is 0 Å². The first kappa shape index (κ1) is 11.3. The second-order valence-electron chi connectivity index (χ2n) is 4.03. The Bertz CT molecular complexity index is 276. The van der Waals surface area contributed by atoms with Gasteiger partial charge in [-0.25, -0.2) is 0 Å². The van der Waals surface area contributed by atoms with E-state index >= 15 is 0 Å². The van der Waals surface area contributed by atoms with Crippen molar-refractivity contribution in [2.75, 3.05) is 0 Å². The molecule has 2 heteroatoms. The molecule has 0 amide bonds. The molecule has 1 rings (SSSR count). The molecule has 80 valence electrons. The second-order valence-corrected chi connectivity index (χ2v) is 4.03. The summed E-state index contributed by atoms with van der Waals surface area (Å²) < 4.78 is 2.19. The standard InChI is InChI=1S/C12H22N2/c1-5-10(4)9-14-12(7-3)8-11(6-2)13-14/h8,10H,5-7,9H2,1-4H3. The fourth-order valence-electron chi connectivity index (χ4n) is 1.55. The van der Waals surface area contributed by atoms with E-state index in [0.29, 0.717) is 0 Å². The van der Waals surface area contributed by atoms with Crippen LogP contribution in [0.4, 0.5) is 0 Å². The molecule has 0 bridgehead atoms. The fourth-order valence-corrected chi connectivity index (χ4v) is 1.55. The van der Waals surface area contributed by atoms with Crippen LogP contribution in [0.3, 0.4) is 0 Å². The number of hydrogen-bond acceptors (Lipinski definition) is 1. The number of aromatic nitrogens is 2. The van der Waals surface area contributed by atoms with Crippen LogP contribution in [0.5, 0.6) is 0 Å². The maximum atomic E-state index is 4.60. The highest BCUT2D eigenvalue weighted by atomic mass is 15.3. The van der Waals surface area contributed by atoms with Crippen molar-refractivity contribution in [3.05, 3.63) is 17.5 Å². The molecule has 0 saturated heterocycles. The van der Waals surface area contributed by atoms with Crippen LogP contribution in [-0.4, -0.2) is 9.78 Å². The molecule has 14 heavy (non-hydrogen) atoms. The lowest BCUT2D eigenvalue weighted by Crippen LogP contribution is -2.11. The van der Waals surface area contributed by atoms with Gasteiger partial charge < -0.3 is 0 Å². The zero-order valence-corrected chi connectivity index (χ0v) is 9.88. The normalized spacial score (nSPS) is 13.1. The molecule has 1 aromatic rings. The van der Waals surface area contributed by atoms with Crippen molar-refractivity contribution in [3.63, 3.8) is 0 Å².